The molecule has 0 saturated heterocycles. The fourth-order valence-corrected chi connectivity index (χ4v) is 5.27. The molecule has 8 heteroatoms. The van der Waals surface area contributed by atoms with Gasteiger partial charge < -0.3 is 9.88 Å². The van der Waals surface area contributed by atoms with Crippen molar-refractivity contribution in [2.24, 2.45) is 0 Å². The van der Waals surface area contributed by atoms with Gasteiger partial charge in [0.25, 0.3) is 0 Å². The van der Waals surface area contributed by atoms with Crippen LogP contribution >= 0.6 is 11.6 Å². The lowest BCUT2D eigenvalue weighted by molar-refractivity contribution is -0.116. The first-order valence-electron chi connectivity index (χ1n) is 9.43. The quantitative estimate of drug-likeness (QED) is 0.441. The molecule has 0 aliphatic carbocycles. The maximum absolute atomic E-state index is 13.2. The molecule has 0 radical (unpaired) electrons. The summed E-state index contributed by atoms with van der Waals surface area (Å²) in [5.41, 5.74) is 1.58. The summed E-state index contributed by atoms with van der Waals surface area (Å²) >= 11 is 6.15. The lowest BCUT2D eigenvalue weighted by Crippen LogP contribution is -2.18. The Morgan fingerprint density at radius 3 is 2.39 bits per heavy atom. The molecule has 4 aromatic rings. The highest BCUT2D eigenvalue weighted by atomic mass is 35.5. The Hall–Kier alpha value is -3.16. The molecule has 0 saturated carbocycles. The van der Waals surface area contributed by atoms with E-state index < -0.39 is 15.7 Å². The zero-order valence-electron chi connectivity index (χ0n) is 16.3. The molecule has 31 heavy (non-hydrogen) atoms. The van der Waals surface area contributed by atoms with Crippen molar-refractivity contribution in [1.29, 1.82) is 0 Å². The second kappa shape index (κ2) is 8.53. The van der Waals surface area contributed by atoms with Crippen LogP contribution in [0.15, 0.2) is 83.9 Å². The van der Waals surface area contributed by atoms with Crippen LogP contribution in [0.5, 0.6) is 0 Å². The van der Waals surface area contributed by atoms with Gasteiger partial charge in [0.15, 0.2) is 9.84 Å². The first-order chi connectivity index (χ1) is 14.8. The van der Waals surface area contributed by atoms with E-state index in [-0.39, 0.29) is 23.1 Å². The highest BCUT2D eigenvalue weighted by molar-refractivity contribution is 7.90. The third kappa shape index (κ3) is 4.62. The van der Waals surface area contributed by atoms with Gasteiger partial charge in [-0.3, -0.25) is 4.79 Å². The Kier molecular flexibility index (Phi) is 5.80. The maximum Gasteiger partial charge on any atom is 0.244 e. The van der Waals surface area contributed by atoms with E-state index in [2.05, 4.69) is 5.32 Å². The highest BCUT2D eigenvalue weighted by Crippen LogP contribution is 2.29. The van der Waals surface area contributed by atoms with Crippen LogP contribution in [0.25, 0.3) is 10.9 Å². The number of hydrogen-bond acceptors (Lipinski definition) is 3. The number of aromatic nitrogens is 1. The lowest BCUT2D eigenvalue weighted by atomic mass is 10.2. The molecule has 0 fully saturated rings. The third-order valence-corrected chi connectivity index (χ3v) is 6.89. The number of rotatable bonds is 6. The van der Waals surface area contributed by atoms with Crippen LogP contribution in [0.3, 0.4) is 0 Å². The van der Waals surface area contributed by atoms with Crippen molar-refractivity contribution >= 4 is 43.9 Å². The standard InChI is InChI=1S/C23H18ClFN2O3S/c24-20-7-3-1-5-16(20)15-31(29,30)22-13-27(21-8-4-2-6-19(21)22)14-23(28)26-18-11-9-17(25)10-12-18/h1-13H,14-15H2,(H,26,28). The molecule has 1 amide bonds. The molecule has 0 aliphatic heterocycles. The van der Waals surface area contributed by atoms with E-state index in [1.54, 1.807) is 53.1 Å². The van der Waals surface area contributed by atoms with Crippen molar-refractivity contribution in [2.75, 3.05) is 5.32 Å². The van der Waals surface area contributed by atoms with Gasteiger partial charge in [-0.2, -0.15) is 0 Å². The fraction of sp³-hybridized carbons (Fsp3) is 0.0870. The largest absolute Gasteiger partial charge is 0.337 e. The van der Waals surface area contributed by atoms with Crippen LogP contribution in [0.4, 0.5) is 10.1 Å². The van der Waals surface area contributed by atoms with E-state index in [0.29, 0.717) is 27.2 Å². The van der Waals surface area contributed by atoms with Crippen molar-refractivity contribution in [3.05, 3.63) is 95.4 Å². The number of sulfone groups is 1. The molecule has 4 rings (SSSR count). The second-order valence-corrected chi connectivity index (χ2v) is 9.41. The summed E-state index contributed by atoms with van der Waals surface area (Å²) in [7, 11) is -3.72. The molecule has 3 aromatic carbocycles. The summed E-state index contributed by atoms with van der Waals surface area (Å²) in [6.45, 7) is -0.0977. The van der Waals surface area contributed by atoms with Gasteiger partial charge in [-0.25, -0.2) is 12.8 Å². The molecule has 0 spiro atoms. The zero-order valence-corrected chi connectivity index (χ0v) is 17.8. The number of anilines is 1. The van der Waals surface area contributed by atoms with Crippen LogP contribution in [0.2, 0.25) is 5.02 Å². The van der Waals surface area contributed by atoms with Gasteiger partial charge in [0, 0.05) is 27.8 Å². The van der Waals surface area contributed by atoms with Crippen LogP contribution in [0.1, 0.15) is 5.56 Å². The van der Waals surface area contributed by atoms with E-state index in [4.69, 9.17) is 11.6 Å². The number of amides is 1. The second-order valence-electron chi connectivity index (χ2n) is 7.04. The van der Waals surface area contributed by atoms with Gasteiger partial charge in [-0.15, -0.1) is 0 Å². The number of halogens is 2. The molecule has 5 nitrogen and oxygen atoms in total. The van der Waals surface area contributed by atoms with Crippen molar-refractivity contribution < 1.29 is 17.6 Å². The van der Waals surface area contributed by atoms with Crippen LogP contribution in [-0.2, 0) is 26.9 Å². The Balaban J connectivity index is 1.65. The number of benzene rings is 3. The topological polar surface area (TPSA) is 68.2 Å². The average Bonchev–Trinajstić information content (AvgIpc) is 3.11. The van der Waals surface area contributed by atoms with Gasteiger partial charge in [-0.05, 0) is 42.0 Å². The number of carbonyl (C=O) groups excluding carboxylic acids is 1. The molecule has 0 unspecified atom stereocenters. The minimum atomic E-state index is -3.72. The minimum absolute atomic E-state index is 0.0977. The molecule has 1 heterocycles. The fourth-order valence-electron chi connectivity index (χ4n) is 3.38. The number of carbonyl (C=O) groups is 1. The molecule has 0 bridgehead atoms. The molecule has 0 atom stereocenters. The Bertz CT molecular complexity index is 1370. The monoisotopic (exact) mass is 456 g/mol. The number of fused-ring (bicyclic) bond motifs is 1. The summed E-state index contributed by atoms with van der Waals surface area (Å²) in [6.07, 6.45) is 1.47. The Morgan fingerprint density at radius 1 is 0.968 bits per heavy atom. The van der Waals surface area contributed by atoms with Gasteiger partial charge >= 0.3 is 0 Å². The average molecular weight is 457 g/mol. The highest BCUT2D eigenvalue weighted by Gasteiger charge is 2.23. The summed E-state index contributed by atoms with van der Waals surface area (Å²) in [5.74, 6) is -1.01. The van der Waals surface area contributed by atoms with E-state index in [1.165, 1.54) is 30.5 Å². The zero-order chi connectivity index (χ0) is 22.0. The molecule has 158 valence electrons. The molecular formula is C23H18ClFN2O3S. The number of hydrogen-bond donors (Lipinski definition) is 1. The number of nitrogens with one attached hydrogen (secondary N) is 1. The molecule has 0 aliphatic rings. The Labute approximate surface area is 184 Å². The molecule has 1 aromatic heterocycles. The number of nitrogens with zero attached hydrogens (tertiary/aromatic N) is 1. The van der Waals surface area contributed by atoms with Crippen molar-refractivity contribution in [1.82, 2.24) is 4.57 Å². The van der Waals surface area contributed by atoms with Gasteiger partial charge in [0.05, 0.1) is 10.6 Å². The summed E-state index contributed by atoms with van der Waals surface area (Å²) in [4.78, 5) is 12.6. The minimum Gasteiger partial charge on any atom is -0.337 e. The smallest absolute Gasteiger partial charge is 0.244 e. The summed E-state index contributed by atoms with van der Waals surface area (Å²) < 4.78 is 41.0. The van der Waals surface area contributed by atoms with E-state index in [0.717, 1.165) is 0 Å². The van der Waals surface area contributed by atoms with Crippen molar-refractivity contribution in [3.63, 3.8) is 0 Å². The Morgan fingerprint density at radius 2 is 1.65 bits per heavy atom. The first kappa shape index (κ1) is 21.1. The van der Waals surface area contributed by atoms with Gasteiger partial charge in [0.2, 0.25) is 5.91 Å². The first-order valence-corrected chi connectivity index (χ1v) is 11.5. The molecular weight excluding hydrogens is 439 g/mol. The van der Waals surface area contributed by atoms with Gasteiger partial charge in [0.1, 0.15) is 12.4 Å². The van der Waals surface area contributed by atoms with E-state index in [1.807, 2.05) is 0 Å². The van der Waals surface area contributed by atoms with E-state index in [9.17, 15) is 17.6 Å². The predicted octanol–water partition coefficient (Wildman–Crippen LogP) is 5.05. The number of para-hydroxylation sites is 1. The van der Waals surface area contributed by atoms with Crippen LogP contribution in [-0.4, -0.2) is 18.9 Å². The lowest BCUT2D eigenvalue weighted by Gasteiger charge is -2.07. The molecule has 1 N–H and O–H groups in total. The van der Waals surface area contributed by atoms with Crippen LogP contribution in [0, 0.1) is 5.82 Å². The maximum atomic E-state index is 13.2. The normalized spacial score (nSPS) is 11.5. The van der Waals surface area contributed by atoms with E-state index >= 15 is 0 Å². The van der Waals surface area contributed by atoms with Crippen molar-refractivity contribution in [2.45, 2.75) is 17.2 Å². The predicted molar refractivity (Wildman–Crippen MR) is 119 cm³/mol. The SMILES string of the molecule is O=C(Cn1cc(S(=O)(=O)Cc2ccccc2Cl)c2ccccc21)Nc1ccc(F)cc1. The van der Waals surface area contributed by atoms with Crippen molar-refractivity contribution in [3.8, 4) is 0 Å². The van der Waals surface area contributed by atoms with Gasteiger partial charge in [-0.1, -0.05) is 48.0 Å². The van der Waals surface area contributed by atoms with Crippen LogP contribution < -0.4 is 5.32 Å². The summed E-state index contributed by atoms with van der Waals surface area (Å²) in [6, 6.07) is 19.2. The summed E-state index contributed by atoms with van der Waals surface area (Å²) in [5, 5.41) is 3.60. The third-order valence-electron chi connectivity index (χ3n) is 4.83.